The van der Waals surface area contributed by atoms with E-state index in [-0.39, 0.29) is 0 Å². The number of hydrogen-bond acceptors (Lipinski definition) is 1. The largest absolute Gasteiger partial charge is 0.372 e. The second-order valence-electron chi connectivity index (χ2n) is 4.46. The first-order valence-corrected chi connectivity index (χ1v) is 8.13. The van der Waals surface area contributed by atoms with E-state index >= 15 is 0 Å². The van der Waals surface area contributed by atoms with Crippen molar-refractivity contribution in [3.8, 4) is 0 Å². The number of benzene rings is 1. The molecular weight excluding hydrogens is 342 g/mol. The van der Waals surface area contributed by atoms with E-state index in [2.05, 4.69) is 75.7 Å². The minimum Gasteiger partial charge on any atom is -0.372 e. The summed E-state index contributed by atoms with van der Waals surface area (Å²) < 4.78 is 1.19. The molecular formula is C14H21Br2N. The van der Waals surface area contributed by atoms with Crippen LogP contribution in [-0.2, 0) is 5.33 Å². The summed E-state index contributed by atoms with van der Waals surface area (Å²) in [6.07, 6.45) is 1.23. The van der Waals surface area contributed by atoms with Crippen LogP contribution in [0.5, 0.6) is 0 Å². The van der Waals surface area contributed by atoms with E-state index in [0.717, 1.165) is 24.3 Å². The van der Waals surface area contributed by atoms with Crippen molar-refractivity contribution in [3.63, 3.8) is 0 Å². The van der Waals surface area contributed by atoms with E-state index in [1.165, 1.54) is 22.1 Å². The fraction of sp³-hybridized carbons (Fsp3) is 0.571. The van der Waals surface area contributed by atoms with Crippen molar-refractivity contribution in [2.45, 2.75) is 32.5 Å². The molecule has 1 aromatic carbocycles. The topological polar surface area (TPSA) is 3.24 Å². The van der Waals surface area contributed by atoms with Crippen LogP contribution >= 0.6 is 31.9 Å². The lowest BCUT2D eigenvalue weighted by molar-refractivity contribution is 0.548. The molecule has 1 rings (SSSR count). The molecule has 0 heterocycles. The lowest BCUT2D eigenvalue weighted by atomic mass is 10.1. The van der Waals surface area contributed by atoms with Crippen LogP contribution in [-0.4, -0.2) is 13.1 Å². The van der Waals surface area contributed by atoms with Crippen molar-refractivity contribution in [1.82, 2.24) is 0 Å². The quantitative estimate of drug-likeness (QED) is 0.627. The molecule has 0 aromatic heterocycles. The molecule has 0 amide bonds. The average molecular weight is 363 g/mol. The lowest BCUT2D eigenvalue weighted by Gasteiger charge is -2.26. The molecule has 0 N–H and O–H groups in total. The predicted octanol–water partition coefficient (Wildman–Crippen LogP) is 5.22. The molecule has 1 atom stereocenters. The molecule has 1 aromatic rings. The molecule has 0 aliphatic rings. The standard InChI is InChI=1S/C14H21Br2N/c1-4-11(3)10-17(5-2)13-7-6-12(9-15)14(16)8-13/h6-8,11H,4-5,9-10H2,1-3H3. The van der Waals surface area contributed by atoms with Crippen LogP contribution in [0.1, 0.15) is 32.8 Å². The summed E-state index contributed by atoms with van der Waals surface area (Å²) in [4.78, 5) is 2.44. The summed E-state index contributed by atoms with van der Waals surface area (Å²) in [6, 6.07) is 6.63. The number of halogens is 2. The van der Waals surface area contributed by atoms with Gasteiger partial charge >= 0.3 is 0 Å². The maximum Gasteiger partial charge on any atom is 0.0377 e. The summed E-state index contributed by atoms with van der Waals surface area (Å²) in [5, 5.41) is 0.894. The highest BCUT2D eigenvalue weighted by atomic mass is 79.9. The predicted molar refractivity (Wildman–Crippen MR) is 84.1 cm³/mol. The second kappa shape index (κ2) is 7.42. The average Bonchev–Trinajstić information content (AvgIpc) is 2.35. The first-order valence-electron chi connectivity index (χ1n) is 6.21. The lowest BCUT2D eigenvalue weighted by Crippen LogP contribution is -2.28. The fourth-order valence-electron chi connectivity index (χ4n) is 1.76. The first-order chi connectivity index (χ1) is 8.12. The van der Waals surface area contributed by atoms with Gasteiger partial charge in [0.05, 0.1) is 0 Å². The third-order valence-electron chi connectivity index (χ3n) is 3.16. The first kappa shape index (κ1) is 15.0. The highest BCUT2D eigenvalue weighted by molar-refractivity contribution is 9.10. The van der Waals surface area contributed by atoms with E-state index in [4.69, 9.17) is 0 Å². The van der Waals surface area contributed by atoms with Gasteiger partial charge in [-0.25, -0.2) is 0 Å². The molecule has 0 saturated carbocycles. The minimum absolute atomic E-state index is 0.740. The van der Waals surface area contributed by atoms with Crippen molar-refractivity contribution in [3.05, 3.63) is 28.2 Å². The number of rotatable bonds is 6. The minimum atomic E-state index is 0.740. The summed E-state index contributed by atoms with van der Waals surface area (Å²) in [5.74, 6) is 0.740. The van der Waals surface area contributed by atoms with Gasteiger partial charge in [0.1, 0.15) is 0 Å². The van der Waals surface area contributed by atoms with Crippen molar-refractivity contribution >= 4 is 37.5 Å². The molecule has 0 aliphatic heterocycles. The number of hydrogen-bond donors (Lipinski definition) is 0. The monoisotopic (exact) mass is 361 g/mol. The van der Waals surface area contributed by atoms with Crippen LogP contribution in [0, 0.1) is 5.92 Å². The number of anilines is 1. The molecule has 17 heavy (non-hydrogen) atoms. The zero-order valence-corrected chi connectivity index (χ0v) is 14.0. The molecule has 1 nitrogen and oxygen atoms in total. The van der Waals surface area contributed by atoms with Gasteiger partial charge in [0.2, 0.25) is 0 Å². The Bertz CT molecular complexity index is 352. The Kier molecular flexibility index (Phi) is 6.57. The van der Waals surface area contributed by atoms with Gasteiger partial charge in [-0.3, -0.25) is 0 Å². The van der Waals surface area contributed by atoms with Crippen molar-refractivity contribution < 1.29 is 0 Å². The maximum atomic E-state index is 3.63. The zero-order valence-electron chi connectivity index (χ0n) is 10.8. The molecule has 0 bridgehead atoms. The van der Waals surface area contributed by atoms with Crippen molar-refractivity contribution in [2.75, 3.05) is 18.0 Å². The Balaban J connectivity index is 2.85. The van der Waals surface area contributed by atoms with Crippen LogP contribution in [0.3, 0.4) is 0 Å². The molecule has 0 saturated heterocycles. The summed E-state index contributed by atoms with van der Waals surface area (Å²) in [7, 11) is 0. The van der Waals surface area contributed by atoms with E-state index in [1.807, 2.05) is 0 Å². The smallest absolute Gasteiger partial charge is 0.0377 e. The third kappa shape index (κ3) is 4.29. The van der Waals surface area contributed by atoms with Gasteiger partial charge in [0, 0.05) is 28.6 Å². The van der Waals surface area contributed by atoms with Crippen LogP contribution in [0.4, 0.5) is 5.69 Å². The van der Waals surface area contributed by atoms with Gasteiger partial charge in [0.15, 0.2) is 0 Å². The van der Waals surface area contributed by atoms with Crippen LogP contribution in [0.25, 0.3) is 0 Å². The Labute approximate surface area is 122 Å². The normalized spacial score (nSPS) is 12.5. The molecule has 0 aliphatic carbocycles. The Morgan fingerprint density at radius 3 is 2.47 bits per heavy atom. The van der Waals surface area contributed by atoms with E-state index in [9.17, 15) is 0 Å². The number of alkyl halides is 1. The van der Waals surface area contributed by atoms with Crippen molar-refractivity contribution in [1.29, 1.82) is 0 Å². The van der Waals surface area contributed by atoms with Gasteiger partial charge in [-0.1, -0.05) is 58.2 Å². The highest BCUT2D eigenvalue weighted by Gasteiger charge is 2.09. The Morgan fingerprint density at radius 2 is 2.00 bits per heavy atom. The Morgan fingerprint density at radius 1 is 1.29 bits per heavy atom. The second-order valence-corrected chi connectivity index (χ2v) is 5.88. The fourth-order valence-corrected chi connectivity index (χ4v) is 3.14. The summed E-state index contributed by atoms with van der Waals surface area (Å²) in [5.41, 5.74) is 2.61. The van der Waals surface area contributed by atoms with Gasteiger partial charge in [-0.15, -0.1) is 0 Å². The van der Waals surface area contributed by atoms with Gasteiger partial charge in [0.25, 0.3) is 0 Å². The van der Waals surface area contributed by atoms with E-state index < -0.39 is 0 Å². The molecule has 1 unspecified atom stereocenters. The van der Waals surface area contributed by atoms with Gasteiger partial charge in [-0.05, 0) is 30.5 Å². The SMILES string of the molecule is CCC(C)CN(CC)c1ccc(CBr)c(Br)c1. The van der Waals surface area contributed by atoms with Crippen LogP contribution in [0.2, 0.25) is 0 Å². The molecule has 0 fully saturated rings. The van der Waals surface area contributed by atoms with E-state index in [1.54, 1.807) is 0 Å². The Hall–Kier alpha value is -0.0200. The maximum absolute atomic E-state index is 3.63. The molecule has 96 valence electrons. The van der Waals surface area contributed by atoms with E-state index in [0.29, 0.717) is 0 Å². The molecule has 3 heteroatoms. The zero-order chi connectivity index (χ0) is 12.8. The summed E-state index contributed by atoms with van der Waals surface area (Å²) in [6.45, 7) is 8.97. The number of nitrogens with zero attached hydrogens (tertiary/aromatic N) is 1. The molecule has 0 spiro atoms. The molecule has 0 radical (unpaired) electrons. The van der Waals surface area contributed by atoms with Gasteiger partial charge in [-0.2, -0.15) is 0 Å². The highest BCUT2D eigenvalue weighted by Crippen LogP contribution is 2.26. The third-order valence-corrected chi connectivity index (χ3v) is 4.50. The van der Waals surface area contributed by atoms with Crippen LogP contribution in [0.15, 0.2) is 22.7 Å². The van der Waals surface area contributed by atoms with Crippen molar-refractivity contribution in [2.24, 2.45) is 5.92 Å². The van der Waals surface area contributed by atoms with Crippen LogP contribution < -0.4 is 4.90 Å². The summed E-state index contributed by atoms with van der Waals surface area (Å²) >= 11 is 7.13. The van der Waals surface area contributed by atoms with Gasteiger partial charge < -0.3 is 4.90 Å².